The summed E-state index contributed by atoms with van der Waals surface area (Å²) in [5.41, 5.74) is 1.43. The number of hydrogen-bond donors (Lipinski definition) is 2. The van der Waals surface area contributed by atoms with Crippen LogP contribution in [0.3, 0.4) is 0 Å². The number of carboxylic acids is 1. The molecule has 2 aromatic heterocycles. The van der Waals surface area contributed by atoms with E-state index in [1.165, 1.54) is 16.8 Å². The van der Waals surface area contributed by atoms with Crippen LogP contribution in [0, 0.1) is 0 Å². The molecule has 3 aromatic rings. The molecule has 0 radical (unpaired) electrons. The molecule has 20 heavy (non-hydrogen) atoms. The molecule has 3 rings (SSSR count). The van der Waals surface area contributed by atoms with Gasteiger partial charge < -0.3 is 10.4 Å². The summed E-state index contributed by atoms with van der Waals surface area (Å²) in [6.07, 6.45) is 0. The van der Waals surface area contributed by atoms with Crippen LogP contribution in [0.15, 0.2) is 34.8 Å². The number of nitrogens with one attached hydrogen (secondary N) is 1. The van der Waals surface area contributed by atoms with E-state index < -0.39 is 5.97 Å². The molecule has 100 valence electrons. The summed E-state index contributed by atoms with van der Waals surface area (Å²) >= 11 is 3.31. The summed E-state index contributed by atoms with van der Waals surface area (Å²) in [6, 6.07) is 8.11. The molecule has 0 bridgehead atoms. The van der Waals surface area contributed by atoms with Crippen molar-refractivity contribution in [2.24, 2.45) is 0 Å². The highest BCUT2D eigenvalue weighted by Crippen LogP contribution is 2.26. The van der Waals surface area contributed by atoms with E-state index in [1.807, 2.05) is 0 Å². The van der Waals surface area contributed by atoms with Gasteiger partial charge >= 0.3 is 5.97 Å². The Morgan fingerprint density at radius 1 is 1.30 bits per heavy atom. The molecule has 2 heterocycles. The first-order valence-corrected chi connectivity index (χ1v) is 6.28. The number of halogens is 1. The Bertz CT molecular complexity index is 802. The molecule has 0 saturated heterocycles. The van der Waals surface area contributed by atoms with Crippen molar-refractivity contribution in [2.45, 2.75) is 0 Å². The Hall–Kier alpha value is -2.55. The molecule has 2 N–H and O–H groups in total. The third-order valence-electron chi connectivity index (χ3n) is 2.55. The van der Waals surface area contributed by atoms with Crippen LogP contribution >= 0.6 is 15.9 Å². The number of hydrogen-bond acceptors (Lipinski definition) is 6. The van der Waals surface area contributed by atoms with Gasteiger partial charge in [0, 0.05) is 4.47 Å². The second-order valence-corrected chi connectivity index (χ2v) is 4.72. The molecule has 0 aliphatic heterocycles. The molecule has 0 aliphatic carbocycles. The van der Waals surface area contributed by atoms with Gasteiger partial charge in [0.2, 0.25) is 0 Å². The fourth-order valence-corrected chi connectivity index (χ4v) is 2.08. The van der Waals surface area contributed by atoms with E-state index in [1.54, 1.807) is 18.2 Å². The largest absolute Gasteiger partial charge is 0.478 e. The van der Waals surface area contributed by atoms with E-state index in [2.05, 4.69) is 41.9 Å². The van der Waals surface area contributed by atoms with Crippen molar-refractivity contribution in [1.82, 2.24) is 25.3 Å². The molecule has 8 nitrogen and oxygen atoms in total. The molecule has 1 aromatic carbocycles. The number of benzene rings is 1. The van der Waals surface area contributed by atoms with Gasteiger partial charge in [-0.2, -0.15) is 0 Å². The van der Waals surface area contributed by atoms with E-state index in [4.69, 9.17) is 5.11 Å². The number of aromatic nitrogens is 5. The minimum absolute atomic E-state index is 0.200. The second kappa shape index (κ2) is 4.85. The van der Waals surface area contributed by atoms with Crippen LogP contribution in [0.1, 0.15) is 10.4 Å². The Kier molecular flexibility index (Phi) is 3.03. The highest BCUT2D eigenvalue weighted by atomic mass is 79.9. The molecule has 0 spiro atoms. The van der Waals surface area contributed by atoms with E-state index >= 15 is 0 Å². The second-order valence-electron chi connectivity index (χ2n) is 3.87. The van der Waals surface area contributed by atoms with E-state index in [9.17, 15) is 4.79 Å². The normalized spacial score (nSPS) is 10.7. The summed E-state index contributed by atoms with van der Waals surface area (Å²) in [5.74, 6) is -0.445. The first-order chi connectivity index (χ1) is 9.63. The number of anilines is 2. The highest BCUT2D eigenvalue weighted by Gasteiger charge is 2.08. The summed E-state index contributed by atoms with van der Waals surface area (Å²) in [4.78, 5) is 10.9. The Morgan fingerprint density at radius 2 is 2.15 bits per heavy atom. The molecular formula is C11H7BrN6O2. The minimum atomic E-state index is -0.981. The zero-order valence-electron chi connectivity index (χ0n) is 9.86. The first kappa shape index (κ1) is 12.5. The maximum Gasteiger partial charge on any atom is 0.335 e. The summed E-state index contributed by atoms with van der Waals surface area (Å²) in [6.45, 7) is 0. The van der Waals surface area contributed by atoms with Gasteiger partial charge in [-0.25, -0.2) is 4.79 Å². The number of carboxylic acid groups (broad SMARTS) is 1. The molecule has 0 atom stereocenters. The van der Waals surface area contributed by atoms with E-state index in [0.717, 1.165) is 0 Å². The van der Waals surface area contributed by atoms with Crippen molar-refractivity contribution in [3.05, 3.63) is 40.4 Å². The van der Waals surface area contributed by atoms with Gasteiger partial charge in [0.15, 0.2) is 11.5 Å². The predicted octanol–water partition coefficient (Wildman–Crippen LogP) is 1.72. The maximum atomic E-state index is 10.9. The number of fused-ring (bicyclic) bond motifs is 1. The van der Waals surface area contributed by atoms with Gasteiger partial charge in [-0.05, 0) is 56.7 Å². The first-order valence-electron chi connectivity index (χ1n) is 5.49. The van der Waals surface area contributed by atoms with Crippen LogP contribution in [-0.2, 0) is 0 Å². The van der Waals surface area contributed by atoms with Crippen LogP contribution in [0.2, 0.25) is 0 Å². The number of carbonyl (C=O) groups is 1. The third-order valence-corrected chi connectivity index (χ3v) is 3.20. The van der Waals surface area contributed by atoms with Crippen LogP contribution in [0.5, 0.6) is 0 Å². The van der Waals surface area contributed by atoms with Crippen LogP contribution in [0.25, 0.3) is 5.65 Å². The fourth-order valence-electron chi connectivity index (χ4n) is 1.60. The molecule has 0 fully saturated rings. The van der Waals surface area contributed by atoms with Gasteiger partial charge in [-0.3, -0.25) is 0 Å². The molecular weight excluding hydrogens is 328 g/mol. The minimum Gasteiger partial charge on any atom is -0.478 e. The van der Waals surface area contributed by atoms with Crippen molar-refractivity contribution >= 4 is 39.1 Å². The van der Waals surface area contributed by atoms with Gasteiger partial charge in [0.1, 0.15) is 0 Å². The molecule has 0 aliphatic rings. The SMILES string of the molecule is O=C(O)c1ccc(Nc2ccc3nnnn3n2)c(Br)c1. The van der Waals surface area contributed by atoms with Gasteiger partial charge in [0.05, 0.1) is 11.3 Å². The lowest BCUT2D eigenvalue weighted by Gasteiger charge is -2.08. The maximum absolute atomic E-state index is 10.9. The summed E-state index contributed by atoms with van der Waals surface area (Å²) in [7, 11) is 0. The van der Waals surface area contributed by atoms with Gasteiger partial charge in [-0.1, -0.05) is 0 Å². The van der Waals surface area contributed by atoms with Crippen molar-refractivity contribution < 1.29 is 9.90 Å². The van der Waals surface area contributed by atoms with Crippen molar-refractivity contribution in [3.63, 3.8) is 0 Å². The lowest BCUT2D eigenvalue weighted by molar-refractivity contribution is 0.0697. The smallest absolute Gasteiger partial charge is 0.335 e. The predicted molar refractivity (Wildman–Crippen MR) is 73.0 cm³/mol. The summed E-state index contributed by atoms with van der Waals surface area (Å²) < 4.78 is 1.91. The number of aromatic carboxylic acids is 1. The van der Waals surface area contributed by atoms with Gasteiger partial charge in [-0.15, -0.1) is 14.8 Å². The van der Waals surface area contributed by atoms with E-state index in [0.29, 0.717) is 21.6 Å². The Morgan fingerprint density at radius 3 is 2.90 bits per heavy atom. The van der Waals surface area contributed by atoms with Crippen LogP contribution < -0.4 is 5.32 Å². The van der Waals surface area contributed by atoms with Gasteiger partial charge in [0.25, 0.3) is 0 Å². The average Bonchev–Trinajstić information content (AvgIpc) is 2.88. The quantitative estimate of drug-likeness (QED) is 0.751. The monoisotopic (exact) mass is 334 g/mol. The van der Waals surface area contributed by atoms with Crippen molar-refractivity contribution in [3.8, 4) is 0 Å². The standard InChI is InChI=1S/C11H7BrN6O2/c12-7-5-6(11(19)20)1-2-8(7)13-9-3-4-10-14-16-17-18(10)15-9/h1-5H,(H,13,15)(H,19,20). The number of rotatable bonds is 3. The lowest BCUT2D eigenvalue weighted by Crippen LogP contribution is -2.02. The fraction of sp³-hybridized carbons (Fsp3) is 0. The Labute approximate surface area is 120 Å². The zero-order valence-corrected chi connectivity index (χ0v) is 11.4. The molecule has 0 saturated carbocycles. The molecule has 9 heteroatoms. The topological polar surface area (TPSA) is 105 Å². The van der Waals surface area contributed by atoms with Crippen molar-refractivity contribution in [2.75, 3.05) is 5.32 Å². The summed E-state index contributed by atoms with van der Waals surface area (Å²) in [5, 5.41) is 27.1. The Balaban J connectivity index is 1.92. The van der Waals surface area contributed by atoms with Crippen LogP contribution in [-0.4, -0.2) is 36.3 Å². The molecule has 0 unspecified atom stereocenters. The number of nitrogens with zero attached hydrogens (tertiary/aromatic N) is 5. The average molecular weight is 335 g/mol. The van der Waals surface area contributed by atoms with Crippen molar-refractivity contribution in [1.29, 1.82) is 0 Å². The zero-order chi connectivity index (χ0) is 14.1. The number of tetrazole rings is 1. The highest BCUT2D eigenvalue weighted by molar-refractivity contribution is 9.10. The van der Waals surface area contributed by atoms with Crippen LogP contribution in [0.4, 0.5) is 11.5 Å². The third kappa shape index (κ3) is 2.30. The van der Waals surface area contributed by atoms with E-state index in [-0.39, 0.29) is 5.56 Å². The lowest BCUT2D eigenvalue weighted by atomic mass is 10.2. The molecule has 0 amide bonds.